The zero-order valence-corrected chi connectivity index (χ0v) is 11.4. The molecular formula is C15H22N2O2. The first-order chi connectivity index (χ1) is 9.31. The van der Waals surface area contributed by atoms with Crippen LogP contribution in [0, 0.1) is 0 Å². The summed E-state index contributed by atoms with van der Waals surface area (Å²) >= 11 is 0. The van der Waals surface area contributed by atoms with Crippen LogP contribution in [0.4, 0.5) is 5.69 Å². The van der Waals surface area contributed by atoms with Crippen LogP contribution in [-0.4, -0.2) is 32.2 Å². The molecule has 0 aromatic heterocycles. The number of fused-ring (bicyclic) bond motifs is 1. The van der Waals surface area contributed by atoms with Crippen molar-refractivity contribution >= 4 is 11.6 Å². The van der Waals surface area contributed by atoms with Gasteiger partial charge in [-0.1, -0.05) is 25.1 Å². The molecule has 1 aliphatic heterocycles. The summed E-state index contributed by atoms with van der Waals surface area (Å²) in [6, 6.07) is 8.37. The molecule has 0 saturated carbocycles. The van der Waals surface area contributed by atoms with Crippen molar-refractivity contribution in [3.05, 3.63) is 29.8 Å². The Balaban J connectivity index is 1.68. The van der Waals surface area contributed by atoms with Crippen molar-refractivity contribution in [3.8, 4) is 0 Å². The maximum atomic E-state index is 11.5. The molecule has 0 fully saturated rings. The smallest absolute Gasteiger partial charge is 0.245 e. The van der Waals surface area contributed by atoms with Gasteiger partial charge in [0.1, 0.15) is 6.61 Å². The molecule has 0 bridgehead atoms. The number of rotatable bonds is 7. The van der Waals surface area contributed by atoms with Crippen LogP contribution >= 0.6 is 0 Å². The number of para-hydroxylation sites is 1. The highest BCUT2D eigenvalue weighted by Gasteiger charge is 2.20. The summed E-state index contributed by atoms with van der Waals surface area (Å²) in [7, 11) is 0. The van der Waals surface area contributed by atoms with Gasteiger partial charge in [0.15, 0.2) is 0 Å². The first-order valence-electron chi connectivity index (χ1n) is 6.98. The lowest BCUT2D eigenvalue weighted by molar-refractivity contribution is -0.125. The van der Waals surface area contributed by atoms with Gasteiger partial charge in [0.05, 0.1) is 0 Å². The lowest BCUT2D eigenvalue weighted by Crippen LogP contribution is -2.29. The molecule has 4 nitrogen and oxygen atoms in total. The molecule has 4 heteroatoms. The van der Waals surface area contributed by atoms with E-state index in [1.165, 1.54) is 11.3 Å². The van der Waals surface area contributed by atoms with E-state index in [2.05, 4.69) is 28.8 Å². The summed E-state index contributed by atoms with van der Waals surface area (Å²) in [5, 5.41) is 6.30. The number of hydrogen-bond donors (Lipinski definition) is 2. The van der Waals surface area contributed by atoms with E-state index in [9.17, 15) is 4.79 Å². The first-order valence-corrected chi connectivity index (χ1v) is 6.98. The number of amides is 1. The molecule has 1 amide bonds. The van der Waals surface area contributed by atoms with Crippen molar-refractivity contribution in [3.63, 3.8) is 0 Å². The third-order valence-electron chi connectivity index (χ3n) is 3.34. The molecule has 1 unspecified atom stereocenters. The Labute approximate surface area is 114 Å². The Bertz CT molecular complexity index is 420. The summed E-state index contributed by atoms with van der Waals surface area (Å²) in [4.78, 5) is 11.5. The van der Waals surface area contributed by atoms with Crippen LogP contribution in [0.5, 0.6) is 0 Å². The Morgan fingerprint density at radius 2 is 2.32 bits per heavy atom. The van der Waals surface area contributed by atoms with Crippen LogP contribution in [0.25, 0.3) is 0 Å². The maximum absolute atomic E-state index is 11.5. The fourth-order valence-electron chi connectivity index (χ4n) is 2.36. The van der Waals surface area contributed by atoms with Crippen molar-refractivity contribution in [1.82, 2.24) is 5.32 Å². The molecule has 0 saturated heterocycles. The summed E-state index contributed by atoms with van der Waals surface area (Å²) in [5.41, 5.74) is 2.59. The predicted molar refractivity (Wildman–Crippen MR) is 76.4 cm³/mol. The summed E-state index contributed by atoms with van der Waals surface area (Å²) in [6.07, 6.45) is 1.90. The van der Waals surface area contributed by atoms with E-state index in [0.717, 1.165) is 19.4 Å². The number of nitrogens with one attached hydrogen (secondary N) is 2. The summed E-state index contributed by atoms with van der Waals surface area (Å²) < 4.78 is 5.20. The van der Waals surface area contributed by atoms with E-state index in [1.54, 1.807) is 0 Å². The van der Waals surface area contributed by atoms with Gasteiger partial charge in [0.2, 0.25) is 5.91 Å². The highest BCUT2D eigenvalue weighted by atomic mass is 16.5. The van der Waals surface area contributed by atoms with Crippen LogP contribution in [0.1, 0.15) is 31.2 Å². The number of carbonyl (C=O) groups is 1. The molecule has 2 N–H and O–H groups in total. The second-order valence-corrected chi connectivity index (χ2v) is 4.86. The minimum absolute atomic E-state index is 0.0207. The van der Waals surface area contributed by atoms with E-state index in [-0.39, 0.29) is 12.5 Å². The minimum atomic E-state index is -0.0207. The predicted octanol–water partition coefficient (Wildman–Crippen LogP) is 2.13. The number of hydrogen-bond acceptors (Lipinski definition) is 3. The third-order valence-corrected chi connectivity index (χ3v) is 3.34. The first kappa shape index (κ1) is 13.9. The highest BCUT2D eigenvalue weighted by Crippen LogP contribution is 2.32. The molecule has 0 spiro atoms. The largest absolute Gasteiger partial charge is 0.384 e. The zero-order valence-electron chi connectivity index (χ0n) is 11.4. The molecule has 1 atom stereocenters. The lowest BCUT2D eigenvalue weighted by Gasteiger charge is -2.11. The summed E-state index contributed by atoms with van der Waals surface area (Å²) in [5.74, 6) is 0.473. The van der Waals surface area contributed by atoms with Crippen molar-refractivity contribution < 1.29 is 9.53 Å². The molecule has 0 aliphatic carbocycles. The van der Waals surface area contributed by atoms with E-state index >= 15 is 0 Å². The maximum Gasteiger partial charge on any atom is 0.245 e. The molecular weight excluding hydrogens is 240 g/mol. The molecule has 19 heavy (non-hydrogen) atoms. The molecule has 0 radical (unpaired) electrons. The third kappa shape index (κ3) is 3.96. The standard InChI is InChI=1S/C15H22N2O2/c1-2-9-19-11-15(18)16-8-7-12-10-17-14-6-4-3-5-13(12)14/h3-6,12,17H,2,7-11H2,1H3,(H,16,18). The fraction of sp³-hybridized carbons (Fsp3) is 0.533. The van der Waals surface area contributed by atoms with Crippen molar-refractivity contribution in [1.29, 1.82) is 0 Å². The molecule has 2 rings (SSSR count). The number of anilines is 1. The van der Waals surface area contributed by atoms with Gasteiger partial charge in [0.25, 0.3) is 0 Å². The van der Waals surface area contributed by atoms with Crippen LogP contribution in [0.3, 0.4) is 0 Å². The molecule has 1 heterocycles. The van der Waals surface area contributed by atoms with Crippen LogP contribution in [0.2, 0.25) is 0 Å². The van der Waals surface area contributed by atoms with Crippen LogP contribution in [-0.2, 0) is 9.53 Å². The van der Waals surface area contributed by atoms with Gasteiger partial charge in [-0.2, -0.15) is 0 Å². The zero-order chi connectivity index (χ0) is 13.5. The molecule has 1 aromatic rings. The van der Waals surface area contributed by atoms with E-state index in [4.69, 9.17) is 4.74 Å². The monoisotopic (exact) mass is 262 g/mol. The highest BCUT2D eigenvalue weighted by molar-refractivity contribution is 5.77. The van der Waals surface area contributed by atoms with E-state index in [0.29, 0.717) is 19.1 Å². The average Bonchev–Trinajstić information content (AvgIpc) is 2.83. The van der Waals surface area contributed by atoms with Gasteiger partial charge >= 0.3 is 0 Å². The quantitative estimate of drug-likeness (QED) is 0.740. The molecule has 1 aliphatic rings. The van der Waals surface area contributed by atoms with E-state index < -0.39 is 0 Å². The van der Waals surface area contributed by atoms with E-state index in [1.807, 2.05) is 13.0 Å². The summed E-state index contributed by atoms with van der Waals surface area (Å²) in [6.45, 7) is 4.51. The second kappa shape index (κ2) is 7.14. The Morgan fingerprint density at radius 1 is 1.47 bits per heavy atom. The van der Waals surface area contributed by atoms with Crippen molar-refractivity contribution in [2.45, 2.75) is 25.7 Å². The number of benzene rings is 1. The Hall–Kier alpha value is -1.55. The SMILES string of the molecule is CCCOCC(=O)NCCC1CNc2ccccc21. The molecule has 1 aromatic carbocycles. The normalized spacial score (nSPS) is 16.8. The van der Waals surface area contributed by atoms with Gasteiger partial charge in [-0.25, -0.2) is 0 Å². The van der Waals surface area contributed by atoms with Crippen LogP contribution in [0.15, 0.2) is 24.3 Å². The Morgan fingerprint density at radius 3 is 3.16 bits per heavy atom. The van der Waals surface area contributed by atoms with Gasteiger partial charge in [-0.3, -0.25) is 4.79 Å². The van der Waals surface area contributed by atoms with Gasteiger partial charge < -0.3 is 15.4 Å². The number of ether oxygens (including phenoxy) is 1. The second-order valence-electron chi connectivity index (χ2n) is 4.86. The van der Waals surface area contributed by atoms with Crippen molar-refractivity contribution in [2.75, 3.05) is 31.6 Å². The Kier molecular flexibility index (Phi) is 5.21. The average molecular weight is 262 g/mol. The van der Waals surface area contributed by atoms with Gasteiger partial charge in [0, 0.05) is 31.3 Å². The number of carbonyl (C=O) groups excluding carboxylic acids is 1. The van der Waals surface area contributed by atoms with Gasteiger partial charge in [-0.15, -0.1) is 0 Å². The topological polar surface area (TPSA) is 50.4 Å². The lowest BCUT2D eigenvalue weighted by atomic mass is 9.98. The van der Waals surface area contributed by atoms with Gasteiger partial charge in [-0.05, 0) is 24.5 Å². The minimum Gasteiger partial charge on any atom is -0.384 e. The van der Waals surface area contributed by atoms with Crippen LogP contribution < -0.4 is 10.6 Å². The van der Waals surface area contributed by atoms with Crippen molar-refractivity contribution in [2.24, 2.45) is 0 Å². The fourth-order valence-corrected chi connectivity index (χ4v) is 2.36. The molecule has 104 valence electrons.